The van der Waals surface area contributed by atoms with Crippen LogP contribution in [0.25, 0.3) is 16.7 Å². The summed E-state index contributed by atoms with van der Waals surface area (Å²) in [6.07, 6.45) is 0. The summed E-state index contributed by atoms with van der Waals surface area (Å²) in [6.45, 7) is 2.07. The molecule has 0 N–H and O–H groups in total. The van der Waals surface area contributed by atoms with Gasteiger partial charge in [0.15, 0.2) is 22.9 Å². The highest BCUT2D eigenvalue weighted by Gasteiger charge is 2.19. The van der Waals surface area contributed by atoms with Gasteiger partial charge in [-0.05, 0) is 48.9 Å². The summed E-state index contributed by atoms with van der Waals surface area (Å²) >= 11 is 1.43. The molecule has 0 saturated carbocycles. The molecule has 0 bridgehead atoms. The molecule has 0 atom stereocenters. The second-order valence-electron chi connectivity index (χ2n) is 6.69. The van der Waals surface area contributed by atoms with E-state index in [1.165, 1.54) is 11.8 Å². The predicted octanol–water partition coefficient (Wildman–Crippen LogP) is 4.37. The van der Waals surface area contributed by atoms with E-state index in [0.29, 0.717) is 28.3 Å². The quantitative estimate of drug-likeness (QED) is 0.373. The number of hydrogen-bond acceptors (Lipinski definition) is 6. The fourth-order valence-electron chi connectivity index (χ4n) is 3.45. The van der Waals surface area contributed by atoms with Crippen molar-refractivity contribution in [1.82, 2.24) is 9.38 Å². The third-order valence-electron chi connectivity index (χ3n) is 4.90. The monoisotopic (exact) mass is 401 g/mol. The first-order valence-electron chi connectivity index (χ1n) is 9.02. The average molecular weight is 401 g/mol. The predicted molar refractivity (Wildman–Crippen MR) is 110 cm³/mol. The Labute approximate surface area is 170 Å². The lowest BCUT2D eigenvalue weighted by molar-refractivity contribution is 0.102. The van der Waals surface area contributed by atoms with Crippen LogP contribution in [0.15, 0.2) is 53.6 Å². The number of aromatic nitrogens is 2. The second-order valence-corrected chi connectivity index (χ2v) is 7.69. The fraction of sp³-hybridized carbons (Fsp3) is 0.136. The molecule has 5 rings (SSSR count). The number of hydrogen-bond donors (Lipinski definition) is 0. The Morgan fingerprint density at radius 1 is 1.21 bits per heavy atom. The third-order valence-corrected chi connectivity index (χ3v) is 5.90. The van der Waals surface area contributed by atoms with E-state index in [0.717, 1.165) is 21.6 Å². The molecule has 0 radical (unpaired) electrons. The number of carbonyl (C=O) groups excluding carboxylic acids is 1. The van der Waals surface area contributed by atoms with Gasteiger partial charge in [-0.3, -0.25) is 9.20 Å². The largest absolute Gasteiger partial charge is 0.454 e. The van der Waals surface area contributed by atoms with Gasteiger partial charge in [-0.25, -0.2) is 4.98 Å². The summed E-state index contributed by atoms with van der Waals surface area (Å²) in [7, 11) is 0. The Bertz CT molecular complexity index is 1340. The topological polar surface area (TPSA) is 76.6 Å². The van der Waals surface area contributed by atoms with E-state index in [2.05, 4.69) is 11.1 Å². The van der Waals surface area contributed by atoms with E-state index in [1.807, 2.05) is 41.7 Å². The molecule has 0 amide bonds. The number of benzene rings is 2. The molecule has 4 aromatic rings. The highest BCUT2D eigenvalue weighted by atomic mass is 32.2. The number of nitriles is 1. The van der Waals surface area contributed by atoms with Gasteiger partial charge in [0.25, 0.3) is 0 Å². The first-order valence-corrected chi connectivity index (χ1v) is 10.0. The van der Waals surface area contributed by atoms with Crippen LogP contribution in [0, 0.1) is 18.3 Å². The zero-order valence-electron chi connectivity index (χ0n) is 15.5. The molecule has 29 heavy (non-hydrogen) atoms. The normalized spacial score (nSPS) is 12.4. The molecule has 3 heterocycles. The lowest BCUT2D eigenvalue weighted by atomic mass is 10.1. The maximum atomic E-state index is 12.8. The number of thioether (sulfide) groups is 1. The Balaban J connectivity index is 1.52. The van der Waals surface area contributed by atoms with Crippen molar-refractivity contribution in [3.05, 3.63) is 65.2 Å². The summed E-state index contributed by atoms with van der Waals surface area (Å²) < 4.78 is 12.6. The van der Waals surface area contributed by atoms with Gasteiger partial charge in [-0.15, -0.1) is 0 Å². The minimum absolute atomic E-state index is 0.00659. The maximum absolute atomic E-state index is 12.8. The number of carbonyl (C=O) groups is 1. The minimum atomic E-state index is -0.00659. The molecule has 1 aliphatic heterocycles. The van der Waals surface area contributed by atoms with Gasteiger partial charge in [-0.1, -0.05) is 23.9 Å². The van der Waals surface area contributed by atoms with Crippen LogP contribution in [-0.2, 0) is 0 Å². The number of nitrogens with zero attached hydrogens (tertiary/aromatic N) is 3. The number of rotatable bonds is 4. The van der Waals surface area contributed by atoms with Gasteiger partial charge in [0.2, 0.25) is 6.79 Å². The van der Waals surface area contributed by atoms with Crippen molar-refractivity contribution in [2.24, 2.45) is 0 Å². The summed E-state index contributed by atoms with van der Waals surface area (Å²) in [5, 5.41) is 10.5. The highest BCUT2D eigenvalue weighted by Crippen LogP contribution is 2.34. The molecule has 142 valence electrons. The van der Waals surface area contributed by atoms with Crippen LogP contribution in [-0.4, -0.2) is 27.7 Å². The van der Waals surface area contributed by atoms with Crippen LogP contribution < -0.4 is 9.47 Å². The molecule has 2 aromatic heterocycles. The number of ketones is 1. The molecule has 1 aliphatic rings. The summed E-state index contributed by atoms with van der Waals surface area (Å²) in [4.78, 5) is 17.4. The number of aryl methyl sites for hydroxylation is 1. The van der Waals surface area contributed by atoms with Gasteiger partial charge >= 0.3 is 0 Å². The van der Waals surface area contributed by atoms with Crippen molar-refractivity contribution in [3.8, 4) is 17.6 Å². The van der Waals surface area contributed by atoms with Crippen molar-refractivity contribution in [2.75, 3.05) is 12.5 Å². The Morgan fingerprint density at radius 3 is 2.90 bits per heavy atom. The SMILES string of the molecule is Cc1cc(SCC(=O)c2ccc3c(c2)OCO3)n2c(nc3ccccc32)c1C#N. The van der Waals surface area contributed by atoms with Gasteiger partial charge in [0.1, 0.15) is 6.07 Å². The van der Waals surface area contributed by atoms with Gasteiger partial charge in [0.05, 0.1) is 27.4 Å². The molecule has 6 nitrogen and oxygen atoms in total. The van der Waals surface area contributed by atoms with Crippen LogP contribution in [0.4, 0.5) is 0 Å². The Hall–Kier alpha value is -3.50. The van der Waals surface area contributed by atoms with Crippen LogP contribution in [0.2, 0.25) is 0 Å². The zero-order valence-corrected chi connectivity index (χ0v) is 16.3. The Kier molecular flexibility index (Phi) is 4.14. The number of para-hydroxylation sites is 2. The summed E-state index contributed by atoms with van der Waals surface area (Å²) in [6, 6.07) is 17.2. The third kappa shape index (κ3) is 2.89. The van der Waals surface area contributed by atoms with Gasteiger partial charge in [-0.2, -0.15) is 5.26 Å². The van der Waals surface area contributed by atoms with E-state index in [4.69, 9.17) is 9.47 Å². The van der Waals surface area contributed by atoms with Gasteiger partial charge in [0, 0.05) is 5.56 Å². The van der Waals surface area contributed by atoms with E-state index < -0.39 is 0 Å². The number of pyridine rings is 1. The molecule has 7 heteroatoms. The first kappa shape index (κ1) is 17.6. The van der Waals surface area contributed by atoms with Crippen LogP contribution in [0.5, 0.6) is 11.5 Å². The lowest BCUT2D eigenvalue weighted by Crippen LogP contribution is -2.04. The molecule has 0 fully saturated rings. The van der Waals surface area contributed by atoms with E-state index in [9.17, 15) is 10.1 Å². The minimum Gasteiger partial charge on any atom is -0.454 e. The van der Waals surface area contributed by atoms with E-state index in [1.54, 1.807) is 18.2 Å². The fourth-order valence-corrected chi connectivity index (χ4v) is 4.47. The number of imidazole rings is 1. The molecular weight excluding hydrogens is 386 g/mol. The molecule has 0 aliphatic carbocycles. The van der Waals surface area contributed by atoms with Crippen molar-refractivity contribution >= 4 is 34.2 Å². The van der Waals surface area contributed by atoms with Crippen molar-refractivity contribution in [3.63, 3.8) is 0 Å². The number of Topliss-reactive ketones (excluding diaryl/α,β-unsaturated/α-hetero) is 1. The molecular formula is C22H15N3O3S. The molecule has 0 spiro atoms. The lowest BCUT2D eigenvalue weighted by Gasteiger charge is -2.09. The molecule has 2 aromatic carbocycles. The zero-order chi connectivity index (χ0) is 20.0. The summed E-state index contributed by atoms with van der Waals surface area (Å²) in [5.74, 6) is 1.50. The highest BCUT2D eigenvalue weighted by molar-refractivity contribution is 8.00. The van der Waals surface area contributed by atoms with E-state index in [-0.39, 0.29) is 18.3 Å². The van der Waals surface area contributed by atoms with Crippen LogP contribution >= 0.6 is 11.8 Å². The first-order chi connectivity index (χ1) is 14.2. The van der Waals surface area contributed by atoms with Crippen LogP contribution in [0.1, 0.15) is 21.5 Å². The molecule has 0 saturated heterocycles. The van der Waals surface area contributed by atoms with Crippen molar-refractivity contribution in [1.29, 1.82) is 5.26 Å². The number of fused-ring (bicyclic) bond motifs is 4. The Morgan fingerprint density at radius 2 is 2.03 bits per heavy atom. The van der Waals surface area contributed by atoms with Crippen LogP contribution in [0.3, 0.4) is 0 Å². The standard InChI is InChI=1S/C22H15N3O3S/c1-13-8-21(25-17-5-3-2-4-16(17)24-22(25)15(13)10-23)29-11-18(26)14-6-7-19-20(9-14)28-12-27-19/h2-9H,11-12H2,1H3. The smallest absolute Gasteiger partial charge is 0.231 e. The second kappa shape index (κ2) is 6.83. The molecule has 0 unspecified atom stereocenters. The summed E-state index contributed by atoms with van der Waals surface area (Å²) in [5.41, 5.74) is 4.32. The average Bonchev–Trinajstić information content (AvgIpc) is 3.35. The van der Waals surface area contributed by atoms with Crippen molar-refractivity contribution in [2.45, 2.75) is 11.9 Å². The maximum Gasteiger partial charge on any atom is 0.231 e. The van der Waals surface area contributed by atoms with Gasteiger partial charge < -0.3 is 9.47 Å². The van der Waals surface area contributed by atoms with Crippen molar-refractivity contribution < 1.29 is 14.3 Å². The number of ether oxygens (including phenoxy) is 2. The van der Waals surface area contributed by atoms with E-state index >= 15 is 0 Å².